The van der Waals surface area contributed by atoms with Crippen molar-refractivity contribution in [1.29, 1.82) is 0 Å². The van der Waals surface area contributed by atoms with Gasteiger partial charge in [0.25, 0.3) is 0 Å². The minimum absolute atomic E-state index is 0.121. The summed E-state index contributed by atoms with van der Waals surface area (Å²) in [5.74, 6) is 0.318. The molecule has 1 aliphatic carbocycles. The summed E-state index contributed by atoms with van der Waals surface area (Å²) in [5.41, 5.74) is 1.64. The zero-order valence-electron chi connectivity index (χ0n) is 18.7. The summed E-state index contributed by atoms with van der Waals surface area (Å²) in [7, 11) is -3.44. The topological polar surface area (TPSA) is 94.6 Å². The van der Waals surface area contributed by atoms with Gasteiger partial charge in [0.15, 0.2) is 9.84 Å². The number of aromatic nitrogens is 1. The van der Waals surface area contributed by atoms with Gasteiger partial charge in [0, 0.05) is 23.7 Å². The Hall–Kier alpha value is -1.97. The number of ether oxygens (including phenoxy) is 2. The second-order valence-corrected chi connectivity index (χ2v) is 12.2. The van der Waals surface area contributed by atoms with Gasteiger partial charge in [0.1, 0.15) is 5.25 Å². The first kappa shape index (κ1) is 23.2. The highest BCUT2D eigenvalue weighted by Crippen LogP contribution is 2.40. The number of alkyl carbamates (subject to hydrolysis) is 1. The molecule has 1 aromatic heterocycles. The van der Waals surface area contributed by atoms with Crippen LogP contribution in [0.3, 0.4) is 0 Å². The van der Waals surface area contributed by atoms with Crippen molar-refractivity contribution >= 4 is 27.3 Å². The van der Waals surface area contributed by atoms with E-state index in [0.717, 1.165) is 46.7 Å². The molecule has 0 atom stereocenters. The molecule has 0 spiro atoms. The number of hydrogen-bond donors (Lipinski definition) is 1. The molecule has 2 heterocycles. The second-order valence-electron chi connectivity index (χ2n) is 8.91. The number of carbonyl (C=O) groups is 1. The zero-order chi connectivity index (χ0) is 22.9. The molecule has 0 bridgehead atoms. The van der Waals surface area contributed by atoms with E-state index in [-0.39, 0.29) is 31.5 Å². The fourth-order valence-corrected chi connectivity index (χ4v) is 7.08. The molecule has 32 heavy (non-hydrogen) atoms. The van der Waals surface area contributed by atoms with Gasteiger partial charge in [0.05, 0.1) is 34.1 Å². The van der Waals surface area contributed by atoms with Crippen molar-refractivity contribution in [1.82, 2.24) is 10.3 Å². The third-order valence-electron chi connectivity index (χ3n) is 6.02. The molecule has 2 aliphatic rings. The maximum Gasteiger partial charge on any atom is 0.407 e. The van der Waals surface area contributed by atoms with Crippen LogP contribution in [0.4, 0.5) is 4.79 Å². The van der Waals surface area contributed by atoms with Gasteiger partial charge in [0.2, 0.25) is 0 Å². The monoisotopic (exact) mass is 478 g/mol. The van der Waals surface area contributed by atoms with E-state index in [1.165, 1.54) is 0 Å². The molecular weight excluding hydrogens is 448 g/mol. The lowest BCUT2D eigenvalue weighted by atomic mass is 9.86. The number of hydrogen-bond acceptors (Lipinski definition) is 7. The molecule has 2 aromatic rings. The van der Waals surface area contributed by atoms with Crippen LogP contribution in [0.2, 0.25) is 0 Å². The SMILES string of the molecule is Cc1ccc(-c2cnc(C3CCC(NC(=O)OC(C)C)CC3)s2)c(S(=O)(=O)C2COC2)c1. The van der Waals surface area contributed by atoms with Crippen molar-refractivity contribution in [3.8, 4) is 10.4 Å². The second kappa shape index (κ2) is 9.49. The molecule has 7 nitrogen and oxygen atoms in total. The molecule has 2 fully saturated rings. The Kier molecular flexibility index (Phi) is 6.88. The van der Waals surface area contributed by atoms with E-state index in [0.29, 0.717) is 10.8 Å². The highest BCUT2D eigenvalue weighted by Gasteiger charge is 2.36. The highest BCUT2D eigenvalue weighted by molar-refractivity contribution is 7.92. The van der Waals surface area contributed by atoms with Crippen molar-refractivity contribution < 1.29 is 22.7 Å². The normalized spacial score (nSPS) is 21.9. The Bertz CT molecular complexity index is 1070. The molecule has 1 aromatic carbocycles. The van der Waals surface area contributed by atoms with E-state index in [2.05, 4.69) is 10.3 Å². The van der Waals surface area contributed by atoms with Crippen LogP contribution in [0.5, 0.6) is 0 Å². The molecule has 0 radical (unpaired) electrons. The Balaban J connectivity index is 1.47. The molecule has 1 N–H and O–H groups in total. The number of benzene rings is 1. The average Bonchev–Trinajstić information content (AvgIpc) is 3.16. The number of sulfone groups is 1. The molecular formula is C23H30N2O5S2. The summed E-state index contributed by atoms with van der Waals surface area (Å²) in [6, 6.07) is 5.71. The van der Waals surface area contributed by atoms with Gasteiger partial charge in [-0.1, -0.05) is 12.1 Å². The van der Waals surface area contributed by atoms with E-state index in [1.54, 1.807) is 23.6 Å². The number of nitrogens with zero attached hydrogens (tertiary/aromatic N) is 1. The van der Waals surface area contributed by atoms with Crippen molar-refractivity contribution in [2.45, 2.75) is 74.7 Å². The Morgan fingerprint density at radius 3 is 2.56 bits per heavy atom. The minimum Gasteiger partial charge on any atom is -0.447 e. The number of nitrogens with one attached hydrogen (secondary N) is 1. The van der Waals surface area contributed by atoms with E-state index >= 15 is 0 Å². The van der Waals surface area contributed by atoms with Crippen LogP contribution < -0.4 is 5.32 Å². The van der Waals surface area contributed by atoms with Crippen LogP contribution in [-0.2, 0) is 19.3 Å². The summed E-state index contributed by atoms with van der Waals surface area (Å²) in [5, 5.41) is 3.50. The Morgan fingerprint density at radius 1 is 1.22 bits per heavy atom. The van der Waals surface area contributed by atoms with Crippen LogP contribution in [0, 0.1) is 6.92 Å². The maximum absolute atomic E-state index is 13.1. The summed E-state index contributed by atoms with van der Waals surface area (Å²) in [6.45, 7) is 6.08. The predicted octanol–water partition coefficient (Wildman–Crippen LogP) is 4.45. The summed E-state index contributed by atoms with van der Waals surface area (Å²) in [6.07, 6.45) is 4.91. The molecule has 0 unspecified atom stereocenters. The van der Waals surface area contributed by atoms with E-state index in [9.17, 15) is 13.2 Å². The molecule has 1 saturated heterocycles. The maximum atomic E-state index is 13.1. The first-order valence-corrected chi connectivity index (χ1v) is 13.5. The molecule has 1 aliphatic heterocycles. The molecule has 4 rings (SSSR count). The Labute approximate surface area is 193 Å². The first-order valence-electron chi connectivity index (χ1n) is 11.1. The van der Waals surface area contributed by atoms with Gasteiger partial charge >= 0.3 is 6.09 Å². The van der Waals surface area contributed by atoms with E-state index in [4.69, 9.17) is 9.47 Å². The molecule has 1 amide bonds. The number of rotatable bonds is 6. The van der Waals surface area contributed by atoms with E-state index < -0.39 is 15.1 Å². The van der Waals surface area contributed by atoms with Gasteiger partial charge < -0.3 is 14.8 Å². The van der Waals surface area contributed by atoms with Crippen LogP contribution in [0.1, 0.15) is 56.0 Å². The largest absolute Gasteiger partial charge is 0.447 e. The van der Waals surface area contributed by atoms with Gasteiger partial charge in [-0.3, -0.25) is 0 Å². The number of thiazole rings is 1. The van der Waals surface area contributed by atoms with Crippen molar-refractivity contribution in [2.75, 3.05) is 13.2 Å². The molecule has 9 heteroatoms. The summed E-state index contributed by atoms with van der Waals surface area (Å²) < 4.78 is 36.5. The van der Waals surface area contributed by atoms with Gasteiger partial charge in [-0.2, -0.15) is 0 Å². The quantitative estimate of drug-likeness (QED) is 0.659. The predicted molar refractivity (Wildman–Crippen MR) is 124 cm³/mol. The van der Waals surface area contributed by atoms with Gasteiger partial charge in [-0.05, 0) is 58.1 Å². The van der Waals surface area contributed by atoms with Crippen LogP contribution in [-0.4, -0.2) is 50.1 Å². The van der Waals surface area contributed by atoms with Crippen molar-refractivity contribution in [3.05, 3.63) is 35.0 Å². The van der Waals surface area contributed by atoms with Crippen LogP contribution >= 0.6 is 11.3 Å². The highest BCUT2D eigenvalue weighted by atomic mass is 32.2. The number of aryl methyl sites for hydroxylation is 1. The lowest BCUT2D eigenvalue weighted by Crippen LogP contribution is -2.40. The third kappa shape index (κ3) is 5.00. The lowest BCUT2D eigenvalue weighted by Gasteiger charge is -2.28. The number of carbonyl (C=O) groups excluding carboxylic acids is 1. The van der Waals surface area contributed by atoms with Crippen LogP contribution in [0.25, 0.3) is 10.4 Å². The molecule has 174 valence electrons. The fourth-order valence-electron chi connectivity index (χ4n) is 4.14. The van der Waals surface area contributed by atoms with Crippen LogP contribution in [0.15, 0.2) is 29.3 Å². The van der Waals surface area contributed by atoms with Gasteiger partial charge in [-0.25, -0.2) is 18.2 Å². The van der Waals surface area contributed by atoms with Crippen molar-refractivity contribution in [2.24, 2.45) is 0 Å². The summed E-state index contributed by atoms with van der Waals surface area (Å²) >= 11 is 1.57. The smallest absolute Gasteiger partial charge is 0.407 e. The van der Waals surface area contributed by atoms with Crippen molar-refractivity contribution in [3.63, 3.8) is 0 Å². The molecule has 1 saturated carbocycles. The number of amides is 1. The first-order chi connectivity index (χ1) is 15.2. The zero-order valence-corrected chi connectivity index (χ0v) is 20.3. The fraction of sp³-hybridized carbons (Fsp3) is 0.565. The lowest BCUT2D eigenvalue weighted by molar-refractivity contribution is 0.0416. The standard InChI is InChI=1S/C23H30N2O5S2/c1-14(2)30-23(26)25-17-7-5-16(6-8-17)22-24-11-20(31-22)19-9-4-15(3)10-21(19)32(27,28)18-12-29-13-18/h4,9-11,14,16-18H,5-8,12-13H2,1-3H3,(H,25,26). The average molecular weight is 479 g/mol. The summed E-state index contributed by atoms with van der Waals surface area (Å²) in [4.78, 5) is 17.7. The minimum atomic E-state index is -3.44. The van der Waals surface area contributed by atoms with Gasteiger partial charge in [-0.15, -0.1) is 11.3 Å². The Morgan fingerprint density at radius 2 is 1.94 bits per heavy atom. The third-order valence-corrected chi connectivity index (χ3v) is 9.31. The van der Waals surface area contributed by atoms with E-state index in [1.807, 2.05) is 32.9 Å².